The molecule has 0 aliphatic heterocycles. The third-order valence-electron chi connectivity index (χ3n) is 9.11. The summed E-state index contributed by atoms with van der Waals surface area (Å²) < 4.78 is 1.21. The number of hydrogen-bond acceptors (Lipinski definition) is 3. The molecule has 0 amide bonds. The van der Waals surface area contributed by atoms with Gasteiger partial charge in [-0.15, -0.1) is 11.3 Å². The average Bonchev–Trinajstić information content (AvgIpc) is 3.57. The van der Waals surface area contributed by atoms with Gasteiger partial charge in [-0.3, -0.25) is 0 Å². The molecule has 2 heterocycles. The highest BCUT2D eigenvalue weighted by Gasteiger charge is 2.18. The second-order valence-electron chi connectivity index (χ2n) is 12.2. The van der Waals surface area contributed by atoms with Crippen LogP contribution in [-0.4, -0.2) is 9.97 Å². The van der Waals surface area contributed by atoms with Gasteiger partial charge in [-0.1, -0.05) is 152 Å². The van der Waals surface area contributed by atoms with Crippen molar-refractivity contribution in [2.24, 2.45) is 0 Å². The first-order valence-corrected chi connectivity index (χ1v) is 17.3. The molecule has 0 bridgehead atoms. The van der Waals surface area contributed by atoms with Crippen molar-refractivity contribution in [3.05, 3.63) is 182 Å². The van der Waals surface area contributed by atoms with Crippen LogP contribution in [0.1, 0.15) is 0 Å². The van der Waals surface area contributed by atoms with E-state index in [1.54, 1.807) is 11.3 Å². The number of nitrogens with zero attached hydrogens (tertiary/aromatic N) is 2. The van der Waals surface area contributed by atoms with Gasteiger partial charge in [0.2, 0.25) is 0 Å². The molecule has 0 fully saturated rings. The lowest BCUT2D eigenvalue weighted by Gasteiger charge is -2.13. The normalized spacial score (nSPS) is 11.3. The molecule has 9 aromatic rings. The fourth-order valence-corrected chi connectivity index (χ4v) is 7.71. The Labute approximate surface area is 289 Å². The van der Waals surface area contributed by atoms with Crippen LogP contribution in [0.5, 0.6) is 0 Å². The van der Waals surface area contributed by atoms with Crippen LogP contribution in [0, 0.1) is 0 Å². The van der Waals surface area contributed by atoms with Gasteiger partial charge in [0, 0.05) is 26.6 Å². The topological polar surface area (TPSA) is 25.8 Å². The summed E-state index contributed by atoms with van der Waals surface area (Å²) in [6.07, 6.45) is 0. The van der Waals surface area contributed by atoms with Crippen molar-refractivity contribution < 1.29 is 0 Å². The smallest absolute Gasteiger partial charge is 0.161 e. The molecule has 0 atom stereocenters. The highest BCUT2D eigenvalue weighted by atomic mass is 32.1. The highest BCUT2D eigenvalue weighted by Crippen LogP contribution is 2.41. The van der Waals surface area contributed by atoms with E-state index in [1.807, 2.05) is 6.07 Å². The Bertz CT molecular complexity index is 2510. The Kier molecular flexibility index (Phi) is 7.38. The predicted molar refractivity (Wildman–Crippen MR) is 208 cm³/mol. The fraction of sp³-hybridized carbons (Fsp3) is 0. The average molecular weight is 643 g/mol. The van der Waals surface area contributed by atoms with Crippen molar-refractivity contribution in [2.45, 2.75) is 0 Å². The molecule has 0 aliphatic rings. The Morgan fingerprint density at radius 2 is 0.776 bits per heavy atom. The van der Waals surface area contributed by atoms with E-state index in [4.69, 9.17) is 9.97 Å². The molecule has 230 valence electrons. The largest absolute Gasteiger partial charge is 0.227 e. The van der Waals surface area contributed by atoms with Crippen LogP contribution in [0.2, 0.25) is 0 Å². The van der Waals surface area contributed by atoms with Gasteiger partial charge in [-0.2, -0.15) is 0 Å². The van der Waals surface area contributed by atoms with Crippen LogP contribution < -0.4 is 0 Å². The standard InChI is InChI=1S/C46H30N2S/c1-4-13-31(14-5-1)34-23-25-35(26-24-34)45-47-44(43-41-21-10-11-22-42(41)49-46(43)48-45)37-20-12-19-36(27-37)40-29-38(32-15-6-2-7-16-32)28-39(30-40)33-17-8-3-9-18-33/h1-30H. The lowest BCUT2D eigenvalue weighted by Crippen LogP contribution is -1.94. The van der Waals surface area contributed by atoms with E-state index in [9.17, 15) is 0 Å². The van der Waals surface area contributed by atoms with Crippen LogP contribution in [0.15, 0.2) is 182 Å². The van der Waals surface area contributed by atoms with Crippen LogP contribution in [0.4, 0.5) is 0 Å². The van der Waals surface area contributed by atoms with Gasteiger partial charge in [0.05, 0.1) is 5.69 Å². The zero-order valence-corrected chi connectivity index (χ0v) is 27.4. The minimum absolute atomic E-state index is 0.733. The van der Waals surface area contributed by atoms with Gasteiger partial charge in [0.15, 0.2) is 5.82 Å². The summed E-state index contributed by atoms with van der Waals surface area (Å²) in [5, 5.41) is 2.29. The van der Waals surface area contributed by atoms with Crippen molar-refractivity contribution in [1.82, 2.24) is 9.97 Å². The number of rotatable bonds is 6. The van der Waals surface area contributed by atoms with Gasteiger partial charge in [-0.25, -0.2) is 9.97 Å². The maximum absolute atomic E-state index is 5.33. The molecule has 0 unspecified atom stereocenters. The second-order valence-corrected chi connectivity index (χ2v) is 13.3. The Balaban J connectivity index is 1.21. The first-order valence-electron chi connectivity index (χ1n) is 16.5. The fourth-order valence-electron chi connectivity index (χ4n) is 6.64. The van der Waals surface area contributed by atoms with Crippen molar-refractivity contribution in [2.75, 3.05) is 0 Å². The van der Waals surface area contributed by atoms with E-state index in [-0.39, 0.29) is 0 Å². The molecule has 0 radical (unpaired) electrons. The Morgan fingerprint density at radius 3 is 1.41 bits per heavy atom. The molecule has 3 heteroatoms. The van der Waals surface area contributed by atoms with Crippen molar-refractivity contribution in [1.29, 1.82) is 0 Å². The maximum atomic E-state index is 5.33. The van der Waals surface area contributed by atoms with Gasteiger partial charge in [0.1, 0.15) is 4.83 Å². The lowest BCUT2D eigenvalue weighted by molar-refractivity contribution is 1.24. The van der Waals surface area contributed by atoms with Crippen LogP contribution in [0.25, 0.3) is 87.5 Å². The number of thiophene rings is 1. The lowest BCUT2D eigenvalue weighted by atomic mass is 9.92. The quantitative estimate of drug-likeness (QED) is 0.180. The Hall–Kier alpha value is -6.16. The van der Waals surface area contributed by atoms with Crippen LogP contribution >= 0.6 is 11.3 Å². The molecular formula is C46H30N2S. The van der Waals surface area contributed by atoms with Crippen molar-refractivity contribution in [3.63, 3.8) is 0 Å². The minimum Gasteiger partial charge on any atom is -0.227 e. The maximum Gasteiger partial charge on any atom is 0.161 e. The summed E-state index contributed by atoms with van der Waals surface area (Å²) in [7, 11) is 0. The Morgan fingerprint density at radius 1 is 0.327 bits per heavy atom. The minimum atomic E-state index is 0.733. The van der Waals surface area contributed by atoms with Gasteiger partial charge in [-0.05, 0) is 74.8 Å². The SMILES string of the molecule is c1ccc(-c2ccc(-c3nc(-c4cccc(-c5cc(-c6ccccc6)cc(-c6ccccc6)c5)c4)c4c(n3)sc3ccccc34)cc2)cc1. The highest BCUT2D eigenvalue weighted by molar-refractivity contribution is 7.25. The summed E-state index contributed by atoms with van der Waals surface area (Å²) >= 11 is 1.73. The van der Waals surface area contributed by atoms with Gasteiger partial charge < -0.3 is 0 Å². The second kappa shape index (κ2) is 12.5. The number of benzene rings is 7. The molecule has 2 nitrogen and oxygen atoms in total. The summed E-state index contributed by atoms with van der Waals surface area (Å²) in [4.78, 5) is 11.5. The van der Waals surface area contributed by atoms with E-state index >= 15 is 0 Å². The zero-order chi connectivity index (χ0) is 32.6. The molecule has 0 N–H and O–H groups in total. The molecule has 0 saturated carbocycles. The first kappa shape index (κ1) is 29.0. The molecule has 0 aliphatic carbocycles. The molecule has 9 rings (SSSR count). The van der Waals surface area contributed by atoms with E-state index < -0.39 is 0 Å². The van der Waals surface area contributed by atoms with Crippen LogP contribution in [-0.2, 0) is 0 Å². The third kappa shape index (κ3) is 5.61. The van der Waals surface area contributed by atoms with Crippen molar-refractivity contribution >= 4 is 31.6 Å². The number of fused-ring (bicyclic) bond motifs is 3. The summed E-state index contributed by atoms with van der Waals surface area (Å²) in [5.74, 6) is 0.733. The number of aromatic nitrogens is 2. The molecule has 49 heavy (non-hydrogen) atoms. The van der Waals surface area contributed by atoms with Crippen LogP contribution in [0.3, 0.4) is 0 Å². The third-order valence-corrected chi connectivity index (χ3v) is 10.2. The number of hydrogen-bond donors (Lipinski definition) is 0. The zero-order valence-electron chi connectivity index (χ0n) is 26.6. The molecule has 7 aromatic carbocycles. The van der Waals surface area contributed by atoms with E-state index in [2.05, 4.69) is 176 Å². The molecular weight excluding hydrogens is 613 g/mol. The van der Waals surface area contributed by atoms with E-state index in [0.29, 0.717) is 0 Å². The van der Waals surface area contributed by atoms with Crippen molar-refractivity contribution in [3.8, 4) is 67.2 Å². The van der Waals surface area contributed by atoms with E-state index in [0.717, 1.165) is 38.4 Å². The molecule has 0 saturated heterocycles. The summed E-state index contributed by atoms with van der Waals surface area (Å²) in [6.45, 7) is 0. The molecule has 0 spiro atoms. The van der Waals surface area contributed by atoms with Gasteiger partial charge >= 0.3 is 0 Å². The summed E-state index contributed by atoms with van der Waals surface area (Å²) in [5.41, 5.74) is 12.5. The van der Waals surface area contributed by atoms with E-state index in [1.165, 1.54) is 49.0 Å². The monoisotopic (exact) mass is 642 g/mol. The van der Waals surface area contributed by atoms with Gasteiger partial charge in [0.25, 0.3) is 0 Å². The predicted octanol–water partition coefficient (Wildman–Crippen LogP) is 12.8. The molecule has 2 aromatic heterocycles. The first-order chi connectivity index (χ1) is 24.3. The summed E-state index contributed by atoms with van der Waals surface area (Å²) in [6, 6.07) is 64.6.